The molecule has 1 aliphatic rings. The number of aromatic nitrogens is 1. The van der Waals surface area contributed by atoms with Gasteiger partial charge in [0, 0.05) is 31.5 Å². The highest BCUT2D eigenvalue weighted by Gasteiger charge is 2.26. The van der Waals surface area contributed by atoms with Crippen LogP contribution in [0.1, 0.15) is 21.6 Å². The number of hydrogen-bond donors (Lipinski definition) is 1. The first-order valence-electron chi connectivity index (χ1n) is 7.05. The first kappa shape index (κ1) is 16.9. The van der Waals surface area contributed by atoms with Crippen molar-refractivity contribution in [2.75, 3.05) is 32.5 Å². The van der Waals surface area contributed by atoms with Crippen molar-refractivity contribution in [1.82, 2.24) is 14.6 Å². The molecule has 0 bridgehead atoms. The van der Waals surface area contributed by atoms with E-state index in [0.717, 1.165) is 11.3 Å². The summed E-state index contributed by atoms with van der Waals surface area (Å²) in [6, 6.07) is 1.78. The Hall–Kier alpha value is -1.51. The number of pyridine rings is 1. The van der Waals surface area contributed by atoms with Gasteiger partial charge >= 0.3 is 0 Å². The number of morpholine rings is 1. The first-order valence-corrected chi connectivity index (χ1v) is 8.90. The normalized spacial score (nSPS) is 19.9. The number of aryl methyl sites for hydroxylation is 2. The highest BCUT2D eigenvalue weighted by atomic mass is 32.2. The molecule has 122 valence electrons. The molecule has 1 saturated heterocycles. The molecule has 1 amide bonds. The van der Waals surface area contributed by atoms with Crippen LogP contribution < -0.4 is 5.32 Å². The summed E-state index contributed by atoms with van der Waals surface area (Å²) in [7, 11) is -3.23. The van der Waals surface area contributed by atoms with Gasteiger partial charge in [0.25, 0.3) is 5.91 Å². The number of sulfonamides is 1. The second-order valence-electron chi connectivity index (χ2n) is 5.45. The van der Waals surface area contributed by atoms with E-state index in [1.54, 1.807) is 6.07 Å². The van der Waals surface area contributed by atoms with Crippen LogP contribution in [0.25, 0.3) is 0 Å². The fourth-order valence-electron chi connectivity index (χ4n) is 2.19. The maximum Gasteiger partial charge on any atom is 0.252 e. The molecule has 1 atom stereocenters. The van der Waals surface area contributed by atoms with Crippen molar-refractivity contribution in [3.05, 3.63) is 29.1 Å². The van der Waals surface area contributed by atoms with Crippen molar-refractivity contribution >= 4 is 15.9 Å². The lowest BCUT2D eigenvalue weighted by Gasteiger charge is -2.31. The zero-order valence-corrected chi connectivity index (χ0v) is 13.8. The summed E-state index contributed by atoms with van der Waals surface area (Å²) in [5, 5.41) is 2.76. The van der Waals surface area contributed by atoms with Crippen molar-refractivity contribution in [3.8, 4) is 0 Å². The summed E-state index contributed by atoms with van der Waals surface area (Å²) in [5.41, 5.74) is 2.32. The van der Waals surface area contributed by atoms with E-state index in [-0.39, 0.29) is 25.1 Å². The second kappa shape index (κ2) is 6.72. The number of ether oxygens (including phenoxy) is 1. The summed E-state index contributed by atoms with van der Waals surface area (Å²) in [4.78, 5) is 16.2. The van der Waals surface area contributed by atoms with Crippen LogP contribution in [0.2, 0.25) is 0 Å². The van der Waals surface area contributed by atoms with E-state index in [0.29, 0.717) is 18.7 Å². The molecule has 0 aliphatic carbocycles. The Morgan fingerprint density at radius 2 is 2.23 bits per heavy atom. The van der Waals surface area contributed by atoms with Gasteiger partial charge < -0.3 is 10.1 Å². The van der Waals surface area contributed by atoms with Crippen molar-refractivity contribution in [2.24, 2.45) is 0 Å². The van der Waals surface area contributed by atoms with Crippen LogP contribution in [-0.4, -0.2) is 62.2 Å². The van der Waals surface area contributed by atoms with Gasteiger partial charge in [0.1, 0.15) is 0 Å². The van der Waals surface area contributed by atoms with Crippen molar-refractivity contribution in [1.29, 1.82) is 0 Å². The van der Waals surface area contributed by atoms with E-state index in [1.807, 2.05) is 13.8 Å². The van der Waals surface area contributed by atoms with Gasteiger partial charge in [-0.3, -0.25) is 9.78 Å². The molecule has 8 heteroatoms. The van der Waals surface area contributed by atoms with Gasteiger partial charge in [0.05, 0.1) is 24.5 Å². The Morgan fingerprint density at radius 3 is 2.86 bits per heavy atom. The third-order valence-corrected chi connectivity index (χ3v) is 4.93. The number of carbonyl (C=O) groups excluding carboxylic acids is 1. The predicted molar refractivity (Wildman–Crippen MR) is 82.2 cm³/mol. The molecule has 1 aromatic rings. The molecule has 0 aromatic carbocycles. The summed E-state index contributed by atoms with van der Waals surface area (Å²) in [6.07, 6.45) is 2.36. The van der Waals surface area contributed by atoms with Crippen LogP contribution in [0.4, 0.5) is 0 Å². The predicted octanol–water partition coefficient (Wildman–Crippen LogP) is 0.0886. The van der Waals surface area contributed by atoms with Crippen LogP contribution >= 0.6 is 0 Å². The lowest BCUT2D eigenvalue weighted by atomic mass is 10.1. The van der Waals surface area contributed by atoms with E-state index < -0.39 is 10.0 Å². The van der Waals surface area contributed by atoms with Gasteiger partial charge in [-0.25, -0.2) is 8.42 Å². The van der Waals surface area contributed by atoms with Crippen molar-refractivity contribution in [3.63, 3.8) is 0 Å². The summed E-state index contributed by atoms with van der Waals surface area (Å²) in [5.74, 6) is -0.240. The molecule has 7 nitrogen and oxygen atoms in total. The van der Waals surface area contributed by atoms with E-state index in [1.165, 1.54) is 16.8 Å². The third kappa shape index (κ3) is 4.25. The standard InChI is InChI=1S/C14H21N3O4S/c1-10-6-12(7-15-11(10)2)14(18)16-8-13-9-17(4-5-21-13)22(3,19)20/h6-7,13H,4-5,8-9H2,1-3H3,(H,16,18)/t13-/m0/s1. The van der Waals surface area contributed by atoms with Crippen LogP contribution in [0.3, 0.4) is 0 Å². The maximum atomic E-state index is 12.1. The lowest BCUT2D eigenvalue weighted by Crippen LogP contribution is -2.49. The molecule has 1 aliphatic heterocycles. The largest absolute Gasteiger partial charge is 0.374 e. The minimum Gasteiger partial charge on any atom is -0.374 e. The average molecular weight is 327 g/mol. The van der Waals surface area contributed by atoms with Crippen LogP contribution in [-0.2, 0) is 14.8 Å². The van der Waals surface area contributed by atoms with Crippen molar-refractivity contribution < 1.29 is 17.9 Å². The molecular formula is C14H21N3O4S. The molecule has 0 spiro atoms. The molecule has 22 heavy (non-hydrogen) atoms. The molecule has 1 N–H and O–H groups in total. The molecular weight excluding hydrogens is 306 g/mol. The lowest BCUT2D eigenvalue weighted by molar-refractivity contribution is 0.000436. The van der Waals surface area contributed by atoms with Gasteiger partial charge in [-0.1, -0.05) is 0 Å². The molecule has 1 fully saturated rings. The maximum absolute atomic E-state index is 12.1. The number of carbonyl (C=O) groups is 1. The minimum absolute atomic E-state index is 0.240. The fraction of sp³-hybridized carbons (Fsp3) is 0.571. The Labute approximate surface area is 130 Å². The molecule has 0 saturated carbocycles. The average Bonchev–Trinajstić information content (AvgIpc) is 2.47. The van der Waals surface area contributed by atoms with E-state index >= 15 is 0 Å². The smallest absolute Gasteiger partial charge is 0.252 e. The minimum atomic E-state index is -3.23. The SMILES string of the molecule is Cc1cc(C(=O)NC[C@H]2CN(S(C)(=O)=O)CCO2)cnc1C. The van der Waals surface area contributed by atoms with Crippen LogP contribution in [0.5, 0.6) is 0 Å². The zero-order valence-electron chi connectivity index (χ0n) is 13.0. The Kier molecular flexibility index (Phi) is 5.15. The van der Waals surface area contributed by atoms with E-state index in [2.05, 4.69) is 10.3 Å². The van der Waals surface area contributed by atoms with E-state index in [9.17, 15) is 13.2 Å². The van der Waals surface area contributed by atoms with E-state index in [4.69, 9.17) is 4.74 Å². The summed E-state index contributed by atoms with van der Waals surface area (Å²) < 4.78 is 29.9. The zero-order chi connectivity index (χ0) is 16.3. The van der Waals surface area contributed by atoms with Crippen LogP contribution in [0.15, 0.2) is 12.3 Å². The van der Waals surface area contributed by atoms with Gasteiger partial charge in [-0.05, 0) is 25.5 Å². The molecule has 0 radical (unpaired) electrons. The number of amides is 1. The number of nitrogens with zero attached hydrogens (tertiary/aromatic N) is 2. The first-order chi connectivity index (χ1) is 10.3. The molecule has 2 rings (SSSR count). The molecule has 0 unspecified atom stereocenters. The Bertz CT molecular complexity index is 660. The molecule has 2 heterocycles. The molecule has 1 aromatic heterocycles. The van der Waals surface area contributed by atoms with Gasteiger partial charge in [0.15, 0.2) is 0 Å². The van der Waals surface area contributed by atoms with Gasteiger partial charge in [-0.2, -0.15) is 4.31 Å². The number of hydrogen-bond acceptors (Lipinski definition) is 5. The summed E-state index contributed by atoms with van der Waals surface area (Å²) >= 11 is 0. The highest BCUT2D eigenvalue weighted by Crippen LogP contribution is 2.09. The monoisotopic (exact) mass is 327 g/mol. The summed E-state index contributed by atoms with van der Waals surface area (Å²) in [6.45, 7) is 4.98. The third-order valence-electron chi connectivity index (χ3n) is 3.66. The van der Waals surface area contributed by atoms with Gasteiger partial charge in [-0.15, -0.1) is 0 Å². The Morgan fingerprint density at radius 1 is 1.50 bits per heavy atom. The topological polar surface area (TPSA) is 88.6 Å². The number of nitrogens with one attached hydrogen (secondary N) is 1. The fourth-order valence-corrected chi connectivity index (χ4v) is 3.04. The number of rotatable bonds is 4. The highest BCUT2D eigenvalue weighted by molar-refractivity contribution is 7.88. The quantitative estimate of drug-likeness (QED) is 0.846. The van der Waals surface area contributed by atoms with Crippen molar-refractivity contribution in [2.45, 2.75) is 20.0 Å². The van der Waals surface area contributed by atoms with Gasteiger partial charge in [0.2, 0.25) is 10.0 Å². The Balaban J connectivity index is 1.92. The second-order valence-corrected chi connectivity index (χ2v) is 7.43. The van der Waals surface area contributed by atoms with Crippen LogP contribution in [0, 0.1) is 13.8 Å².